The molecule has 0 fully saturated rings. The van der Waals surface area contributed by atoms with E-state index in [0.29, 0.717) is 0 Å². The van der Waals surface area contributed by atoms with Crippen LogP contribution in [0.3, 0.4) is 0 Å². The highest BCUT2D eigenvalue weighted by molar-refractivity contribution is 6.18. The molecule has 0 heterocycles. The van der Waals surface area contributed by atoms with Gasteiger partial charge in [0.1, 0.15) is 13.1 Å². The lowest BCUT2D eigenvalue weighted by molar-refractivity contribution is -1.73. The molecule has 0 spiro atoms. The molecule has 12 nitrogen and oxygen atoms in total. The summed E-state index contributed by atoms with van der Waals surface area (Å²) in [5, 5.41) is 0. The zero-order chi connectivity index (χ0) is 49.8. The Balaban J connectivity index is 0.00000142. The first-order chi connectivity index (χ1) is 32.9. The highest BCUT2D eigenvalue weighted by atomic mass is 35.6. The summed E-state index contributed by atoms with van der Waals surface area (Å²) in [6.45, 7) is 26.7. The Bertz CT molecular complexity index is 2010. The number of halogens is 2. The van der Waals surface area contributed by atoms with Crippen molar-refractivity contribution in [2.75, 3.05) is 72.0 Å². The van der Waals surface area contributed by atoms with Gasteiger partial charge in [0.25, 0.3) is 0 Å². The van der Waals surface area contributed by atoms with Gasteiger partial charge in [-0.25, -0.2) is 4.58 Å². The van der Waals surface area contributed by atoms with Crippen molar-refractivity contribution in [1.82, 2.24) is 4.58 Å². The number of hydrogen-bond acceptors (Lipinski definition) is 10. The van der Waals surface area contributed by atoms with Gasteiger partial charge in [-0.15, -0.1) is 0 Å². The molecule has 1 aliphatic carbocycles. The van der Waals surface area contributed by atoms with Gasteiger partial charge in [0.15, 0.2) is 5.71 Å². The smallest absolute Gasteiger partial charge is 0.212 e. The predicted octanol–water partition coefficient (Wildman–Crippen LogP) is 6.58. The summed E-state index contributed by atoms with van der Waals surface area (Å²) in [4.78, 5) is 9.94. The lowest BCUT2D eigenvalue weighted by Gasteiger charge is -2.29. The molecular weight excluding hydrogens is 900 g/mol. The van der Waals surface area contributed by atoms with Crippen LogP contribution >= 0.6 is 0 Å². The van der Waals surface area contributed by atoms with Crippen LogP contribution < -0.4 is 52.1 Å². The van der Waals surface area contributed by atoms with Gasteiger partial charge in [-0.3, -0.25) is 0 Å². The van der Waals surface area contributed by atoms with Gasteiger partial charge in [0.2, 0.25) is 17.1 Å². The molecule has 1 aliphatic rings. The van der Waals surface area contributed by atoms with Crippen molar-refractivity contribution < 1.29 is 54.1 Å². The Morgan fingerprint density at radius 3 is 0.838 bits per heavy atom. The number of benzene rings is 4. The maximum atomic E-state index is 8.41. The number of rotatable bonds is 24. The number of allylic oxidation sites excluding steroid dienone is 4. The summed E-state index contributed by atoms with van der Waals surface area (Å²) < 4.78 is 55.4. The highest BCUT2D eigenvalue weighted by Gasteiger charge is 2.23. The molecule has 0 amide bonds. The fraction of sp³-hybridized carbons (Fsp3) is 0.444. The maximum absolute atomic E-state index is 8.41. The monoisotopic (exact) mass is 975 g/mol. The van der Waals surface area contributed by atoms with Crippen molar-refractivity contribution in [2.45, 2.75) is 107 Å². The van der Waals surface area contributed by atoms with E-state index in [1.165, 1.54) is 22.8 Å². The van der Waals surface area contributed by atoms with Crippen LogP contribution in [0.2, 0.25) is 0 Å². The number of hydrogen-bond donors (Lipinski definition) is 0. The molecule has 0 N–H and O–H groups in total. The third-order valence-corrected chi connectivity index (χ3v) is 11.2. The Kier molecular flexibility index (Phi) is 27.2. The SMILES string of the molecule is CCCN(CCC)c1ccc(N(c2ccc(N(CCC)CCC)cc2)c2ccc([N+](=C3C=CC(=[N+](CCC)CCC)C=C3)c3ccc(N(CCC)CCC)cc3)cc2)cc1.[O-][Cl+2]([O-])[O-].[O-][Cl+2]([O-])[O-]. The van der Waals surface area contributed by atoms with Gasteiger partial charge >= 0.3 is 0 Å². The van der Waals surface area contributed by atoms with Gasteiger partial charge in [0.05, 0.1) is 21.6 Å². The summed E-state index contributed by atoms with van der Waals surface area (Å²) >= 11 is 0. The Hall–Kier alpha value is -4.76. The van der Waals surface area contributed by atoms with Crippen molar-refractivity contribution in [1.29, 1.82) is 0 Å². The van der Waals surface area contributed by atoms with Crippen molar-refractivity contribution in [3.63, 3.8) is 0 Å². The Morgan fingerprint density at radius 2 is 0.574 bits per heavy atom. The summed E-state index contributed by atoms with van der Waals surface area (Å²) in [5.41, 5.74) is 12.0. The van der Waals surface area contributed by atoms with Crippen LogP contribution in [0, 0.1) is 21.6 Å². The van der Waals surface area contributed by atoms with E-state index in [0.717, 1.165) is 138 Å². The molecule has 0 aromatic heterocycles. The molecule has 0 aliphatic heterocycles. The molecule has 14 heteroatoms. The molecule has 68 heavy (non-hydrogen) atoms. The normalized spacial score (nSPS) is 11.8. The molecule has 4 aromatic carbocycles. The van der Waals surface area contributed by atoms with E-state index in [1.54, 1.807) is 0 Å². The first-order valence-electron chi connectivity index (χ1n) is 24.5. The van der Waals surface area contributed by atoms with Gasteiger partial charge in [-0.1, -0.05) is 55.4 Å². The molecule has 372 valence electrons. The lowest BCUT2D eigenvalue weighted by atomic mass is 10.1. The quantitative estimate of drug-likeness (QED) is 0.0556. The minimum Gasteiger partial charge on any atom is -0.372 e. The van der Waals surface area contributed by atoms with Gasteiger partial charge in [-0.05, 0) is 111 Å². The second-order valence-corrected chi connectivity index (χ2v) is 17.3. The second-order valence-electron chi connectivity index (χ2n) is 16.6. The van der Waals surface area contributed by atoms with Crippen LogP contribution in [-0.4, -0.2) is 68.4 Å². The van der Waals surface area contributed by atoms with E-state index in [4.69, 9.17) is 28.0 Å². The summed E-state index contributed by atoms with van der Waals surface area (Å²) in [5.74, 6) is 0. The molecule has 0 unspecified atom stereocenters. The molecule has 0 saturated heterocycles. The predicted molar refractivity (Wildman–Crippen MR) is 266 cm³/mol. The van der Waals surface area contributed by atoms with E-state index in [2.05, 4.69) is 206 Å². The number of anilines is 6. The van der Waals surface area contributed by atoms with E-state index < -0.39 is 21.6 Å². The molecule has 0 radical (unpaired) electrons. The maximum Gasteiger partial charge on any atom is 0.212 e. The Labute approximate surface area is 413 Å². The third kappa shape index (κ3) is 18.6. The van der Waals surface area contributed by atoms with Crippen molar-refractivity contribution >= 4 is 56.9 Å². The van der Waals surface area contributed by atoms with Crippen LogP contribution in [-0.2, 0) is 0 Å². The van der Waals surface area contributed by atoms with Crippen molar-refractivity contribution in [3.05, 3.63) is 121 Å². The molecule has 0 saturated carbocycles. The van der Waals surface area contributed by atoms with E-state index in [1.807, 2.05) is 0 Å². The van der Waals surface area contributed by atoms with E-state index in [-0.39, 0.29) is 0 Å². The first-order valence-corrected chi connectivity index (χ1v) is 26.3. The Morgan fingerprint density at radius 1 is 0.338 bits per heavy atom. The summed E-state index contributed by atoms with van der Waals surface area (Å²) in [7, 11) is -5.70. The lowest BCUT2D eigenvalue weighted by Crippen LogP contribution is -2.43. The molecule has 5 rings (SSSR count). The summed E-state index contributed by atoms with van der Waals surface area (Å²) in [6, 6.07) is 36.8. The van der Waals surface area contributed by atoms with Gasteiger partial charge in [-0.2, -0.15) is 4.58 Å². The molecule has 0 bridgehead atoms. The average Bonchev–Trinajstić information content (AvgIpc) is 3.32. The van der Waals surface area contributed by atoms with Gasteiger partial charge < -0.3 is 47.6 Å². The van der Waals surface area contributed by atoms with Crippen molar-refractivity contribution in [2.24, 2.45) is 0 Å². The van der Waals surface area contributed by atoms with E-state index >= 15 is 0 Å². The molecule has 4 aromatic rings. The second kappa shape index (κ2) is 32.1. The van der Waals surface area contributed by atoms with E-state index in [9.17, 15) is 0 Å². The summed E-state index contributed by atoms with van der Waals surface area (Å²) in [6.07, 6.45) is 18.3. The topological polar surface area (TPSA) is 157 Å². The van der Waals surface area contributed by atoms with Crippen molar-refractivity contribution in [3.8, 4) is 0 Å². The fourth-order valence-electron chi connectivity index (χ4n) is 8.53. The largest absolute Gasteiger partial charge is 0.372 e. The minimum atomic E-state index is -2.85. The zero-order valence-electron chi connectivity index (χ0n) is 41.7. The third-order valence-electron chi connectivity index (χ3n) is 11.2. The highest BCUT2D eigenvalue weighted by Crippen LogP contribution is 2.38. The minimum absolute atomic E-state index is 1.07. The molecular formula is C54H76Cl2N6O6. The first kappa shape index (κ1) is 57.6. The van der Waals surface area contributed by atoms with Crippen LogP contribution in [0.5, 0.6) is 0 Å². The van der Waals surface area contributed by atoms with Gasteiger partial charge in [0, 0.05) is 135 Å². The van der Waals surface area contributed by atoms with Crippen LogP contribution in [0.4, 0.5) is 45.5 Å². The zero-order valence-corrected chi connectivity index (χ0v) is 43.3. The van der Waals surface area contributed by atoms with Crippen LogP contribution in [0.15, 0.2) is 121 Å². The molecule has 0 atom stereocenters. The van der Waals surface area contributed by atoms with Crippen LogP contribution in [0.1, 0.15) is 107 Å². The number of nitrogens with zero attached hydrogens (tertiary/aromatic N) is 6. The standard InChI is InChI=1S/C54H76N6.2ClO3/c1-9-37-55(38-10-2)45-17-25-49(26-18-45)59(50-27-19-46(20-28-50)56(39-11-3)40-12-4)53-33-35-54(36-34-53)60(51-29-21-47(22-30-51)57(41-13-5)42-14-6)52-31-23-48(24-32-52)58(43-15-7)44-16-8;2*2-1(3)4/h17-36H,9-16,37-44H2,1-8H3;;/q+2;2*-1. The fourth-order valence-corrected chi connectivity index (χ4v) is 8.53. The van der Waals surface area contributed by atoms with Crippen LogP contribution in [0.25, 0.3) is 0 Å². The average molecular weight is 976 g/mol.